The van der Waals surface area contributed by atoms with Crippen molar-refractivity contribution in [2.75, 3.05) is 12.4 Å². The van der Waals surface area contributed by atoms with Gasteiger partial charge in [-0.05, 0) is 41.2 Å². The second-order valence-corrected chi connectivity index (χ2v) is 9.14. The lowest BCUT2D eigenvalue weighted by molar-refractivity contribution is 0.0957. The first-order valence-corrected chi connectivity index (χ1v) is 11.0. The summed E-state index contributed by atoms with van der Waals surface area (Å²) in [7, 11) is -3.02. The first kappa shape index (κ1) is 23.6. The van der Waals surface area contributed by atoms with Gasteiger partial charge in [-0.2, -0.15) is 8.42 Å². The maximum absolute atomic E-state index is 12.5. The fourth-order valence-electron chi connectivity index (χ4n) is 2.74. The number of carbonyl (C=O) groups excluding carboxylic acids is 2. The molecule has 0 aliphatic heterocycles. The number of halogens is 1. The highest BCUT2D eigenvalue weighted by Gasteiger charge is 2.24. The van der Waals surface area contributed by atoms with Crippen molar-refractivity contribution in [3.63, 3.8) is 0 Å². The van der Waals surface area contributed by atoms with Crippen LogP contribution in [-0.2, 0) is 10.0 Å². The topological polar surface area (TPSA) is 130 Å². The van der Waals surface area contributed by atoms with Gasteiger partial charge >= 0.3 is 16.1 Å². The third-order valence-corrected chi connectivity index (χ3v) is 5.56. The Morgan fingerprint density at radius 2 is 1.63 bits per heavy atom. The van der Waals surface area contributed by atoms with Gasteiger partial charge in [-0.3, -0.25) is 4.79 Å². The molecule has 0 fully saturated rings. The Balaban J connectivity index is 2.35. The average molecular weight is 454 g/mol. The lowest BCUT2D eigenvalue weighted by Crippen LogP contribution is -2.36. The molecule has 0 radical (unpaired) electrons. The third-order valence-electron chi connectivity index (χ3n) is 4.21. The molecule has 0 unspecified atom stereocenters. The number of carbonyl (C=O) groups is 2. The lowest BCUT2D eigenvalue weighted by atomic mass is 9.92. The van der Waals surface area contributed by atoms with E-state index in [2.05, 4.69) is 20.6 Å². The Bertz CT molecular complexity index is 1040. The number of sulfonamides is 1. The molecule has 2 rings (SSSR count). The molecule has 0 atom stereocenters. The monoisotopic (exact) mass is 453 g/mol. The molecule has 162 valence electrons. The van der Waals surface area contributed by atoms with Gasteiger partial charge in [-0.15, -0.1) is 0 Å². The van der Waals surface area contributed by atoms with Crippen LogP contribution in [0.15, 0.2) is 29.6 Å². The van der Waals surface area contributed by atoms with Gasteiger partial charge in [0.25, 0.3) is 11.1 Å². The van der Waals surface area contributed by atoms with Gasteiger partial charge in [-0.1, -0.05) is 39.3 Å². The Kier molecular flexibility index (Phi) is 7.38. The van der Waals surface area contributed by atoms with Crippen LogP contribution in [0.5, 0.6) is 0 Å². The number of nitrogens with zero attached hydrogens (tertiary/aromatic N) is 2. The number of hydrogen-bond acceptors (Lipinski definition) is 6. The van der Waals surface area contributed by atoms with Crippen molar-refractivity contribution in [1.82, 2.24) is 20.0 Å². The molecule has 0 saturated heterocycles. The molecular formula is C19H24ClN5O4S. The zero-order chi connectivity index (χ0) is 22.6. The van der Waals surface area contributed by atoms with E-state index in [1.807, 2.05) is 32.4 Å². The zero-order valence-corrected chi connectivity index (χ0v) is 18.9. The van der Waals surface area contributed by atoms with E-state index in [1.54, 1.807) is 12.1 Å². The van der Waals surface area contributed by atoms with E-state index in [0.29, 0.717) is 10.7 Å². The fraction of sp³-hybridized carbons (Fsp3) is 0.368. The molecule has 3 amide bonds. The molecule has 0 aliphatic rings. The van der Waals surface area contributed by atoms with Crippen LogP contribution in [0.1, 0.15) is 61.1 Å². The molecule has 9 nitrogen and oxygen atoms in total. The first-order chi connectivity index (χ1) is 14.0. The van der Waals surface area contributed by atoms with E-state index in [0.717, 1.165) is 17.3 Å². The summed E-state index contributed by atoms with van der Waals surface area (Å²) in [6.07, 6.45) is 1.12. The molecule has 0 saturated carbocycles. The molecule has 3 N–H and O–H groups in total. The van der Waals surface area contributed by atoms with Crippen molar-refractivity contribution in [3.05, 3.63) is 46.2 Å². The van der Waals surface area contributed by atoms with Crippen LogP contribution in [0.4, 0.5) is 10.5 Å². The number of benzene rings is 1. The van der Waals surface area contributed by atoms with E-state index in [4.69, 9.17) is 11.6 Å². The van der Waals surface area contributed by atoms with Crippen molar-refractivity contribution in [3.8, 4) is 0 Å². The molecule has 1 aromatic heterocycles. The number of nitrogens with one attached hydrogen (secondary N) is 3. The smallest absolute Gasteiger partial charge is 0.333 e. The Labute approximate surface area is 180 Å². The highest BCUT2D eigenvalue weighted by atomic mass is 35.5. The van der Waals surface area contributed by atoms with Gasteiger partial charge in [0.2, 0.25) is 0 Å². The van der Waals surface area contributed by atoms with Crippen molar-refractivity contribution in [2.24, 2.45) is 0 Å². The SMILES string of the molecule is CNC(=O)c1ccnc(S(=O)(=O)NC(=O)Nc2c(C(C)C)cc(Cl)cc2C(C)C)n1. The fourth-order valence-corrected chi connectivity index (χ4v) is 3.78. The van der Waals surface area contributed by atoms with E-state index >= 15 is 0 Å². The van der Waals surface area contributed by atoms with Crippen LogP contribution in [0, 0.1) is 0 Å². The van der Waals surface area contributed by atoms with Crippen LogP contribution >= 0.6 is 11.6 Å². The van der Waals surface area contributed by atoms with Crippen LogP contribution in [-0.4, -0.2) is 37.4 Å². The number of rotatable bonds is 6. The standard InChI is InChI=1S/C19H24ClN5O4S/c1-10(2)13-8-12(20)9-14(11(3)4)16(13)24-18(27)25-30(28,29)19-22-7-6-15(23-19)17(26)21-5/h6-11H,1-5H3,(H,21,26)(H2,24,25,27). The highest BCUT2D eigenvalue weighted by molar-refractivity contribution is 7.89. The Morgan fingerprint density at radius 3 is 2.13 bits per heavy atom. The summed E-state index contributed by atoms with van der Waals surface area (Å²) in [4.78, 5) is 31.6. The molecule has 1 aromatic carbocycles. The van der Waals surface area contributed by atoms with Crippen molar-refractivity contribution in [2.45, 2.75) is 44.7 Å². The molecule has 30 heavy (non-hydrogen) atoms. The maximum Gasteiger partial charge on any atom is 0.333 e. The van der Waals surface area contributed by atoms with E-state index in [9.17, 15) is 18.0 Å². The number of hydrogen-bond donors (Lipinski definition) is 3. The Hall–Kier alpha value is -2.72. The second kappa shape index (κ2) is 9.40. The van der Waals surface area contributed by atoms with Crippen LogP contribution in [0.3, 0.4) is 0 Å². The third kappa shape index (κ3) is 5.45. The molecule has 0 bridgehead atoms. The molecule has 2 aromatic rings. The summed E-state index contributed by atoms with van der Waals surface area (Å²) >= 11 is 6.21. The summed E-state index contributed by atoms with van der Waals surface area (Å²) < 4.78 is 27.0. The number of amides is 3. The highest BCUT2D eigenvalue weighted by Crippen LogP contribution is 2.35. The first-order valence-electron chi connectivity index (χ1n) is 9.18. The normalized spacial score (nSPS) is 11.5. The van der Waals surface area contributed by atoms with Crippen LogP contribution in [0.2, 0.25) is 5.02 Å². The molecular weight excluding hydrogens is 430 g/mol. The number of anilines is 1. The summed E-state index contributed by atoms with van der Waals surface area (Å²) in [5.74, 6) is -0.524. The van der Waals surface area contributed by atoms with E-state index in [1.165, 1.54) is 13.1 Å². The van der Waals surface area contributed by atoms with Crippen LogP contribution in [0.25, 0.3) is 0 Å². The van der Waals surface area contributed by atoms with Gasteiger partial charge in [0.05, 0.1) is 0 Å². The predicted octanol–water partition coefficient (Wildman–Crippen LogP) is 3.25. The summed E-state index contributed by atoms with van der Waals surface area (Å²) in [5.41, 5.74) is 1.90. The maximum atomic E-state index is 12.5. The minimum atomic E-state index is -4.41. The predicted molar refractivity (Wildman–Crippen MR) is 114 cm³/mol. The van der Waals surface area contributed by atoms with Crippen molar-refractivity contribution >= 4 is 39.2 Å². The van der Waals surface area contributed by atoms with Gasteiger partial charge in [0.1, 0.15) is 5.69 Å². The van der Waals surface area contributed by atoms with Crippen LogP contribution < -0.4 is 15.4 Å². The average Bonchev–Trinajstić information content (AvgIpc) is 2.67. The van der Waals surface area contributed by atoms with Crippen molar-refractivity contribution in [1.29, 1.82) is 0 Å². The minimum Gasteiger partial charge on any atom is -0.354 e. The second-order valence-electron chi connectivity index (χ2n) is 7.13. The van der Waals surface area contributed by atoms with Gasteiger partial charge in [0.15, 0.2) is 0 Å². The lowest BCUT2D eigenvalue weighted by Gasteiger charge is -2.21. The number of urea groups is 1. The van der Waals surface area contributed by atoms with Crippen molar-refractivity contribution < 1.29 is 18.0 Å². The van der Waals surface area contributed by atoms with Gasteiger partial charge < -0.3 is 10.6 Å². The molecule has 11 heteroatoms. The quantitative estimate of drug-likeness (QED) is 0.575. The van der Waals surface area contributed by atoms with E-state index < -0.39 is 27.1 Å². The van der Waals surface area contributed by atoms with E-state index in [-0.39, 0.29) is 17.5 Å². The minimum absolute atomic E-state index is 0.0284. The summed E-state index contributed by atoms with van der Waals surface area (Å²) in [6, 6.07) is 3.75. The zero-order valence-electron chi connectivity index (χ0n) is 17.3. The molecule has 1 heterocycles. The van der Waals surface area contributed by atoms with Gasteiger partial charge in [-0.25, -0.2) is 19.5 Å². The number of aromatic nitrogens is 2. The largest absolute Gasteiger partial charge is 0.354 e. The summed E-state index contributed by atoms with van der Waals surface area (Å²) in [5, 5.41) is 4.79. The van der Waals surface area contributed by atoms with Gasteiger partial charge in [0, 0.05) is 24.0 Å². The molecule has 0 aliphatic carbocycles. The Morgan fingerprint density at radius 1 is 1.07 bits per heavy atom. The molecule has 0 spiro atoms. The summed E-state index contributed by atoms with van der Waals surface area (Å²) in [6.45, 7) is 7.75.